The number of hydrogen-bond acceptors (Lipinski definition) is 3. The molecule has 0 bridgehead atoms. The van der Waals surface area contributed by atoms with E-state index < -0.39 is 17.6 Å². The van der Waals surface area contributed by atoms with Crippen molar-refractivity contribution in [2.45, 2.75) is 37.6 Å². The highest BCUT2D eigenvalue weighted by Gasteiger charge is 2.40. The van der Waals surface area contributed by atoms with Gasteiger partial charge in [0.15, 0.2) is 0 Å². The van der Waals surface area contributed by atoms with Crippen LogP contribution in [-0.4, -0.2) is 66.7 Å². The number of fused-ring (bicyclic) bond motifs is 1. The molecule has 1 aromatic rings. The Bertz CT molecular complexity index is 826. The number of nitrogens with zero attached hydrogens (tertiary/aromatic N) is 2. The Kier molecular flexibility index (Phi) is 5.61. The van der Waals surface area contributed by atoms with E-state index >= 15 is 0 Å². The first kappa shape index (κ1) is 20.9. The number of hydrogen-bond donors (Lipinski definition) is 1. The minimum atomic E-state index is -4.56. The normalized spacial score (nSPS) is 24.9. The van der Waals surface area contributed by atoms with Crippen LogP contribution in [0.2, 0.25) is 0 Å². The number of halogens is 4. The summed E-state index contributed by atoms with van der Waals surface area (Å²) in [4.78, 5) is 27.6. The summed E-state index contributed by atoms with van der Waals surface area (Å²) in [5, 5.41) is 2.86. The van der Waals surface area contributed by atoms with Crippen LogP contribution in [0.3, 0.4) is 0 Å². The molecule has 1 aromatic carbocycles. The van der Waals surface area contributed by atoms with Gasteiger partial charge in [-0.2, -0.15) is 13.2 Å². The van der Waals surface area contributed by atoms with Gasteiger partial charge < -0.3 is 19.9 Å². The predicted molar refractivity (Wildman–Crippen MR) is 98.0 cm³/mol. The van der Waals surface area contributed by atoms with Crippen LogP contribution in [0.5, 0.6) is 0 Å². The maximum Gasteiger partial charge on any atom is 0.416 e. The number of carbonyl (C=O) groups excluding carboxylic acids is 2. The molecule has 2 atom stereocenters. The number of rotatable bonds is 3. The maximum atomic E-state index is 14.0. The molecular formula is C20H23F4N3O3. The summed E-state index contributed by atoms with van der Waals surface area (Å²) in [6.07, 6.45) is -3.03. The fourth-order valence-corrected chi connectivity index (χ4v) is 4.27. The van der Waals surface area contributed by atoms with Gasteiger partial charge >= 0.3 is 12.2 Å². The molecule has 0 unspecified atom stereocenters. The van der Waals surface area contributed by atoms with Gasteiger partial charge in [-0.1, -0.05) is 6.07 Å². The van der Waals surface area contributed by atoms with E-state index in [2.05, 4.69) is 5.32 Å². The van der Waals surface area contributed by atoms with E-state index in [4.69, 9.17) is 4.74 Å². The van der Waals surface area contributed by atoms with Crippen molar-refractivity contribution in [2.24, 2.45) is 5.92 Å². The number of urea groups is 1. The van der Waals surface area contributed by atoms with Gasteiger partial charge in [0.05, 0.1) is 17.7 Å². The summed E-state index contributed by atoms with van der Waals surface area (Å²) in [6.45, 7) is 2.10. The van der Waals surface area contributed by atoms with Crippen LogP contribution < -0.4 is 5.32 Å². The molecular weight excluding hydrogens is 406 g/mol. The number of ether oxygens (including phenoxy) is 1. The van der Waals surface area contributed by atoms with E-state index in [1.54, 1.807) is 9.80 Å². The smallest absolute Gasteiger partial charge is 0.366 e. The molecule has 4 rings (SSSR count). The second-order valence-electron chi connectivity index (χ2n) is 8.15. The third-order valence-electron chi connectivity index (χ3n) is 6.02. The Morgan fingerprint density at radius 2 is 1.97 bits per heavy atom. The van der Waals surface area contributed by atoms with Gasteiger partial charge in [-0.3, -0.25) is 4.79 Å². The lowest BCUT2D eigenvalue weighted by atomic mass is 9.92. The number of aryl methyl sites for hydroxylation is 1. The summed E-state index contributed by atoms with van der Waals surface area (Å²) in [6, 6.07) is 2.33. The van der Waals surface area contributed by atoms with Crippen molar-refractivity contribution < 1.29 is 31.9 Å². The molecule has 0 radical (unpaired) electrons. The third kappa shape index (κ3) is 4.38. The van der Waals surface area contributed by atoms with Crippen LogP contribution in [0.1, 0.15) is 24.0 Å². The van der Waals surface area contributed by atoms with Crippen molar-refractivity contribution in [1.29, 1.82) is 0 Å². The Balaban J connectivity index is 1.23. The van der Waals surface area contributed by atoms with Crippen molar-refractivity contribution >= 4 is 11.9 Å². The molecule has 3 aliphatic heterocycles. The maximum absolute atomic E-state index is 14.0. The standard InChI is InChI=1S/C20H23F4N3O3/c21-15-7-14(20(22,23)24)4-3-13(15)2-1-12-8-27(9-12)19(29)26-6-5-17-16(10-26)25-18(28)11-30-17/h3-4,7,12,16-17H,1-2,5-6,8-11H2,(H,25,28)/t16-,17+/m1/s1. The molecule has 6 nitrogen and oxygen atoms in total. The highest BCUT2D eigenvalue weighted by atomic mass is 19.4. The van der Waals surface area contributed by atoms with Crippen LogP contribution in [0.4, 0.5) is 22.4 Å². The van der Waals surface area contributed by atoms with E-state index in [1.807, 2.05) is 0 Å². The van der Waals surface area contributed by atoms with Crippen molar-refractivity contribution in [1.82, 2.24) is 15.1 Å². The van der Waals surface area contributed by atoms with Gasteiger partial charge in [-0.25, -0.2) is 9.18 Å². The molecule has 3 saturated heterocycles. The van der Waals surface area contributed by atoms with Gasteiger partial charge in [-0.05, 0) is 42.9 Å². The topological polar surface area (TPSA) is 61.9 Å². The zero-order valence-electron chi connectivity index (χ0n) is 16.3. The molecule has 0 aromatic heterocycles. The van der Waals surface area contributed by atoms with Gasteiger partial charge in [0.25, 0.3) is 0 Å². The summed E-state index contributed by atoms with van der Waals surface area (Å²) < 4.78 is 57.3. The van der Waals surface area contributed by atoms with Crippen LogP contribution in [-0.2, 0) is 22.1 Å². The summed E-state index contributed by atoms with van der Waals surface area (Å²) in [7, 11) is 0. The first-order valence-electron chi connectivity index (χ1n) is 10.0. The van der Waals surface area contributed by atoms with Gasteiger partial charge in [-0.15, -0.1) is 0 Å². The molecule has 3 fully saturated rings. The summed E-state index contributed by atoms with van der Waals surface area (Å²) >= 11 is 0. The van der Waals surface area contributed by atoms with E-state index in [1.165, 1.54) is 6.07 Å². The Hall–Kier alpha value is -2.36. The number of piperidine rings is 1. The lowest BCUT2D eigenvalue weighted by molar-refractivity contribution is -0.140. The van der Waals surface area contributed by atoms with Crippen LogP contribution >= 0.6 is 0 Å². The number of alkyl halides is 3. The second kappa shape index (κ2) is 8.05. The molecule has 0 spiro atoms. The molecule has 3 aliphatic rings. The average Bonchev–Trinajstić information content (AvgIpc) is 2.66. The number of likely N-dealkylation sites (tertiary alicyclic amines) is 2. The molecule has 1 N–H and O–H groups in total. The molecule has 3 heterocycles. The number of amides is 3. The van der Waals surface area contributed by atoms with Crippen molar-refractivity contribution in [3.8, 4) is 0 Å². The predicted octanol–water partition coefficient (Wildman–Crippen LogP) is 2.42. The first-order chi connectivity index (χ1) is 14.2. The van der Waals surface area contributed by atoms with Crippen LogP contribution in [0.25, 0.3) is 0 Å². The molecule has 164 valence electrons. The number of benzene rings is 1. The van der Waals surface area contributed by atoms with Crippen LogP contribution in [0.15, 0.2) is 18.2 Å². The van der Waals surface area contributed by atoms with E-state index in [9.17, 15) is 27.2 Å². The van der Waals surface area contributed by atoms with Gasteiger partial charge in [0.1, 0.15) is 12.4 Å². The average molecular weight is 429 g/mol. The van der Waals surface area contributed by atoms with Gasteiger partial charge in [0, 0.05) is 26.2 Å². The monoisotopic (exact) mass is 429 g/mol. The fraction of sp³-hybridized carbons (Fsp3) is 0.600. The third-order valence-corrected chi connectivity index (χ3v) is 6.02. The number of nitrogens with one attached hydrogen (secondary N) is 1. The summed E-state index contributed by atoms with van der Waals surface area (Å²) in [5.74, 6) is -0.840. The van der Waals surface area contributed by atoms with Crippen molar-refractivity contribution in [3.05, 3.63) is 35.1 Å². The van der Waals surface area contributed by atoms with E-state index in [0.717, 1.165) is 6.07 Å². The minimum absolute atomic E-state index is 0.0580. The zero-order valence-corrected chi connectivity index (χ0v) is 16.3. The zero-order chi connectivity index (χ0) is 21.5. The fourth-order valence-electron chi connectivity index (χ4n) is 4.27. The second-order valence-corrected chi connectivity index (χ2v) is 8.15. The molecule has 3 amide bonds. The minimum Gasteiger partial charge on any atom is -0.366 e. The SMILES string of the molecule is O=C1CO[C@H]2CCN(C(=O)N3CC(CCc4ccc(C(F)(F)F)cc4F)C3)C[C@H]2N1. The quantitative estimate of drug-likeness (QED) is 0.751. The molecule has 10 heteroatoms. The first-order valence-corrected chi connectivity index (χ1v) is 10.0. The summed E-state index contributed by atoms with van der Waals surface area (Å²) in [5.41, 5.74) is -0.740. The Morgan fingerprint density at radius 1 is 1.20 bits per heavy atom. The lowest BCUT2D eigenvalue weighted by Gasteiger charge is -2.46. The highest BCUT2D eigenvalue weighted by Crippen LogP contribution is 2.31. The highest BCUT2D eigenvalue weighted by molar-refractivity contribution is 5.79. The molecule has 30 heavy (non-hydrogen) atoms. The molecule has 0 aliphatic carbocycles. The largest absolute Gasteiger partial charge is 0.416 e. The van der Waals surface area contributed by atoms with Crippen molar-refractivity contribution in [2.75, 3.05) is 32.8 Å². The number of morpholine rings is 1. The van der Waals surface area contributed by atoms with E-state index in [-0.39, 0.29) is 42.2 Å². The molecule has 0 saturated carbocycles. The lowest BCUT2D eigenvalue weighted by Crippen LogP contribution is -2.64. The van der Waals surface area contributed by atoms with Gasteiger partial charge in [0.2, 0.25) is 5.91 Å². The van der Waals surface area contributed by atoms with Crippen LogP contribution in [0, 0.1) is 11.7 Å². The Labute approximate surface area is 171 Å². The van der Waals surface area contributed by atoms with Crippen molar-refractivity contribution in [3.63, 3.8) is 0 Å². The number of carbonyl (C=O) groups is 2. The van der Waals surface area contributed by atoms with E-state index in [0.29, 0.717) is 51.5 Å². The Morgan fingerprint density at radius 3 is 2.67 bits per heavy atom.